The Morgan fingerprint density at radius 1 is 0.192 bits per heavy atom. The average molecular weight is 1330 g/mol. The fraction of sp³-hybridized carbons (Fsp3) is 0.0204. The molecule has 2 spiro atoms. The van der Waals surface area contributed by atoms with Crippen molar-refractivity contribution >= 4 is 78.0 Å². The van der Waals surface area contributed by atoms with Gasteiger partial charge in [0.2, 0.25) is 0 Å². The van der Waals surface area contributed by atoms with Crippen LogP contribution in [0, 0.1) is 0 Å². The van der Waals surface area contributed by atoms with Gasteiger partial charge < -0.3 is 28.1 Å². The van der Waals surface area contributed by atoms with Crippen LogP contribution >= 0.6 is 0 Å². The van der Waals surface area contributed by atoms with Crippen molar-refractivity contribution in [2.24, 2.45) is 0 Å². The number of nitrogens with zero attached hydrogens (tertiary/aromatic N) is 2. The van der Waals surface area contributed by atoms with Crippen LogP contribution in [0.15, 0.2) is 373 Å². The Hall–Kier alpha value is -13.7. The van der Waals surface area contributed by atoms with E-state index in [2.05, 4.69) is 362 Å². The number of rotatable bonds is 9. The summed E-state index contributed by atoms with van der Waals surface area (Å²) in [5.41, 5.74) is 29.4. The molecule has 0 radical (unpaired) electrons. The largest absolute Gasteiger partial charge is 0.457 e. The van der Waals surface area contributed by atoms with Gasteiger partial charge in [0.15, 0.2) is 0 Å². The van der Waals surface area contributed by atoms with Crippen LogP contribution in [0.4, 0.5) is 34.1 Å². The highest BCUT2D eigenvalue weighted by Crippen LogP contribution is 2.65. The summed E-state index contributed by atoms with van der Waals surface area (Å²) in [7, 11) is 0. The lowest BCUT2D eigenvalue weighted by molar-refractivity contribution is 0.436. The van der Waals surface area contributed by atoms with Crippen LogP contribution < -0.4 is 19.3 Å². The molecule has 0 fully saturated rings. The summed E-state index contributed by atoms with van der Waals surface area (Å²) >= 11 is 0. The maximum atomic E-state index is 6.94. The SMILES string of the molecule is c1ccc(N(c2ccc(-c3ccc4c(c3)oc3cc(-c5ccc6c(c5)-c5ccc(N(c7ccccc7)c7ccc(-c8cccc9oc%10ccccc%10c89)cc7)cc5C65c6ccccc6Oc6ccccc65)ccc34)cc2)c2ccc3c(c2)-c2ccccc2C32c3ccccc3Oc3ccccc32)cc1. The van der Waals surface area contributed by atoms with Gasteiger partial charge in [-0.25, -0.2) is 0 Å². The third-order valence-corrected chi connectivity index (χ3v) is 22.4. The van der Waals surface area contributed by atoms with E-state index in [0.717, 1.165) is 157 Å². The highest BCUT2D eigenvalue weighted by molar-refractivity contribution is 6.13. The average Bonchev–Trinajstić information content (AvgIpc) is 1.49. The van der Waals surface area contributed by atoms with Crippen LogP contribution in [0.2, 0.25) is 0 Å². The molecule has 0 atom stereocenters. The summed E-state index contributed by atoms with van der Waals surface area (Å²) in [6, 6.07) is 132. The van der Waals surface area contributed by atoms with E-state index in [1.165, 1.54) is 44.5 Å². The smallest absolute Gasteiger partial charge is 0.136 e. The first kappa shape index (κ1) is 58.1. The van der Waals surface area contributed by atoms with E-state index in [-0.39, 0.29) is 0 Å². The van der Waals surface area contributed by atoms with Crippen molar-refractivity contribution in [3.8, 4) is 78.6 Å². The van der Waals surface area contributed by atoms with E-state index >= 15 is 0 Å². The Balaban J connectivity index is 0.616. The summed E-state index contributed by atoms with van der Waals surface area (Å²) in [5, 5.41) is 4.39. The zero-order chi connectivity index (χ0) is 68.2. The number of furan rings is 2. The summed E-state index contributed by atoms with van der Waals surface area (Å²) in [6.07, 6.45) is 0. The van der Waals surface area contributed by atoms with Gasteiger partial charge in [-0.05, 0) is 217 Å². The maximum Gasteiger partial charge on any atom is 0.136 e. The molecule has 4 aliphatic rings. The molecule has 6 nitrogen and oxygen atoms in total. The van der Waals surface area contributed by atoms with Crippen molar-refractivity contribution in [3.05, 3.63) is 408 Å². The Bertz CT molecular complexity index is 6480. The molecule has 2 aliphatic carbocycles. The Morgan fingerprint density at radius 3 is 1.18 bits per heavy atom. The minimum Gasteiger partial charge on any atom is -0.457 e. The molecule has 0 N–H and O–H groups in total. The number of hydrogen-bond acceptors (Lipinski definition) is 6. The lowest BCUT2D eigenvalue weighted by atomic mass is 9.66. The van der Waals surface area contributed by atoms with E-state index in [0.29, 0.717) is 0 Å². The summed E-state index contributed by atoms with van der Waals surface area (Å²) in [6.45, 7) is 0. The van der Waals surface area contributed by atoms with Crippen LogP contribution in [0.5, 0.6) is 23.0 Å². The molecule has 104 heavy (non-hydrogen) atoms. The fourth-order valence-electron chi connectivity index (χ4n) is 18.0. The summed E-state index contributed by atoms with van der Waals surface area (Å²) < 4.78 is 26.8. The number of para-hydroxylation sites is 7. The first-order valence-electron chi connectivity index (χ1n) is 35.6. The zero-order valence-corrected chi connectivity index (χ0v) is 56.2. The van der Waals surface area contributed by atoms with Crippen molar-refractivity contribution in [2.45, 2.75) is 10.8 Å². The van der Waals surface area contributed by atoms with E-state index in [1.807, 2.05) is 12.1 Å². The minimum absolute atomic E-state index is 0.542. The highest BCUT2D eigenvalue weighted by atomic mass is 16.5. The van der Waals surface area contributed by atoms with Crippen molar-refractivity contribution in [1.82, 2.24) is 0 Å². The Labute approximate surface area is 600 Å². The molecular weight excluding hydrogens is 1270 g/mol. The Morgan fingerprint density at radius 2 is 0.577 bits per heavy atom. The minimum atomic E-state index is -0.710. The molecule has 4 heterocycles. The maximum absolute atomic E-state index is 6.94. The first-order chi connectivity index (χ1) is 51.5. The third kappa shape index (κ3) is 8.39. The molecule has 0 unspecified atom stereocenters. The van der Waals surface area contributed by atoms with Crippen molar-refractivity contribution < 1.29 is 18.3 Å². The van der Waals surface area contributed by atoms with Gasteiger partial charge in [0.05, 0.1) is 10.8 Å². The first-order valence-corrected chi connectivity index (χ1v) is 35.6. The lowest BCUT2D eigenvalue weighted by Crippen LogP contribution is -2.32. The monoisotopic (exact) mass is 1330 g/mol. The molecule has 6 heteroatoms. The fourth-order valence-corrected chi connectivity index (χ4v) is 18.0. The number of anilines is 6. The molecule has 18 aromatic rings. The van der Waals surface area contributed by atoms with Crippen LogP contribution in [-0.2, 0) is 10.8 Å². The molecule has 0 saturated heterocycles. The Kier molecular flexibility index (Phi) is 12.5. The van der Waals surface area contributed by atoms with Crippen LogP contribution in [-0.4, -0.2) is 0 Å². The van der Waals surface area contributed by atoms with Gasteiger partial charge in [0.25, 0.3) is 0 Å². The van der Waals surface area contributed by atoms with Crippen molar-refractivity contribution in [1.29, 1.82) is 0 Å². The standard InChI is InChI=1S/C98H60N2O4/c1-3-20-66(21-4-1)99(70-50-55-82-79(59-70)73-24-7-9-27-80(73)97(82)83-28-10-15-33-89(83)102-90-34-16-11-29-84(90)97)68-45-38-61(39-46-68)64-42-51-75-76-52-43-65(58-95(76)104-94(75)57-64)63-44-54-81-78(56-63)74-53-49-71(60-87(74)98(81)85-30-12-17-35-91(85)103-92-36-18-13-31-86(92)98)100(67-22-5-2-6-23-67)69-47-40-62(41-48-69)72-26-19-37-93-96(72)77-25-8-14-32-88(77)101-93/h1-60H. The summed E-state index contributed by atoms with van der Waals surface area (Å²) in [4.78, 5) is 4.75. The van der Waals surface area contributed by atoms with Gasteiger partial charge >= 0.3 is 0 Å². The number of hydrogen-bond donors (Lipinski definition) is 0. The predicted molar refractivity (Wildman–Crippen MR) is 421 cm³/mol. The molecule has 0 saturated carbocycles. The van der Waals surface area contributed by atoms with Crippen LogP contribution in [0.3, 0.4) is 0 Å². The van der Waals surface area contributed by atoms with Crippen molar-refractivity contribution in [2.75, 3.05) is 9.80 Å². The molecular formula is C98H60N2O4. The second-order valence-electron chi connectivity index (χ2n) is 27.7. The zero-order valence-electron chi connectivity index (χ0n) is 56.2. The van der Waals surface area contributed by atoms with Gasteiger partial charge in [-0.3, -0.25) is 0 Å². The van der Waals surface area contributed by atoms with Gasteiger partial charge in [-0.15, -0.1) is 0 Å². The topological polar surface area (TPSA) is 51.2 Å². The molecule has 0 amide bonds. The van der Waals surface area contributed by atoms with Gasteiger partial charge in [-0.1, -0.05) is 224 Å². The van der Waals surface area contributed by atoms with Gasteiger partial charge in [0.1, 0.15) is 45.3 Å². The molecule has 0 bridgehead atoms. The quantitative estimate of drug-likeness (QED) is 0.144. The molecule has 22 rings (SSSR count). The van der Waals surface area contributed by atoms with Crippen LogP contribution in [0.1, 0.15) is 44.5 Å². The normalized spacial score (nSPS) is 13.5. The van der Waals surface area contributed by atoms with E-state index < -0.39 is 10.8 Å². The second-order valence-corrected chi connectivity index (χ2v) is 27.7. The van der Waals surface area contributed by atoms with E-state index in [1.54, 1.807) is 0 Å². The van der Waals surface area contributed by atoms with Crippen LogP contribution in [0.25, 0.3) is 99.5 Å². The van der Waals surface area contributed by atoms with Gasteiger partial charge in [0, 0.05) is 77.9 Å². The van der Waals surface area contributed by atoms with Crippen molar-refractivity contribution in [3.63, 3.8) is 0 Å². The number of benzene rings is 16. The third-order valence-electron chi connectivity index (χ3n) is 22.4. The predicted octanol–water partition coefficient (Wildman–Crippen LogP) is 26.4. The number of ether oxygens (including phenoxy) is 2. The van der Waals surface area contributed by atoms with E-state index in [4.69, 9.17) is 18.3 Å². The lowest BCUT2D eigenvalue weighted by Gasteiger charge is -2.39. The molecule has 486 valence electrons. The molecule has 16 aromatic carbocycles. The molecule has 2 aromatic heterocycles. The highest BCUT2D eigenvalue weighted by Gasteiger charge is 2.53. The molecule has 2 aliphatic heterocycles. The summed E-state index contributed by atoms with van der Waals surface area (Å²) in [5.74, 6) is 3.47. The number of fused-ring (bicyclic) bond motifs is 24. The van der Waals surface area contributed by atoms with E-state index in [9.17, 15) is 0 Å². The second kappa shape index (κ2) is 22.4. The van der Waals surface area contributed by atoms with Gasteiger partial charge in [-0.2, -0.15) is 0 Å².